The number of nitrogens with one attached hydrogen (secondary N) is 4. The van der Waals surface area contributed by atoms with Gasteiger partial charge in [-0.2, -0.15) is 15.0 Å². The number of ether oxygens (including phenoxy) is 2. The molecule has 0 radical (unpaired) electrons. The van der Waals surface area contributed by atoms with Gasteiger partial charge in [-0.3, -0.25) is 4.79 Å². The summed E-state index contributed by atoms with van der Waals surface area (Å²) in [5.41, 5.74) is 4.23. The maximum absolute atomic E-state index is 12.1. The lowest BCUT2D eigenvalue weighted by Crippen LogP contribution is -2.27. The fraction of sp³-hybridized carbons (Fsp3) is 0.282. The molecule has 0 spiro atoms. The highest BCUT2D eigenvalue weighted by atomic mass is 16.5. The van der Waals surface area contributed by atoms with Crippen LogP contribution in [0.15, 0.2) is 115 Å². The number of anilines is 3. The Kier molecular flexibility index (Phi) is 14.4. The molecule has 0 aliphatic rings. The lowest BCUT2D eigenvalue weighted by molar-refractivity contribution is 0.0519. The second-order valence-electron chi connectivity index (χ2n) is 11.5. The summed E-state index contributed by atoms with van der Waals surface area (Å²) >= 11 is 0. The molecule has 0 unspecified atom stereocenters. The van der Waals surface area contributed by atoms with E-state index in [2.05, 4.69) is 84.8 Å². The van der Waals surface area contributed by atoms with E-state index in [1.807, 2.05) is 42.5 Å². The first-order chi connectivity index (χ1) is 24.6. The van der Waals surface area contributed by atoms with Gasteiger partial charge in [0.2, 0.25) is 17.8 Å². The average molecular weight is 676 g/mol. The first kappa shape index (κ1) is 35.8. The Morgan fingerprint density at radius 1 is 0.580 bits per heavy atom. The minimum atomic E-state index is -0.118. The summed E-state index contributed by atoms with van der Waals surface area (Å²) in [6.07, 6.45) is 1.59. The molecule has 0 aliphatic carbocycles. The van der Waals surface area contributed by atoms with Gasteiger partial charge in [0.25, 0.3) is 5.91 Å². The minimum Gasteiger partial charge on any atom is -0.508 e. The van der Waals surface area contributed by atoms with Crippen molar-refractivity contribution in [1.29, 1.82) is 0 Å². The maximum atomic E-state index is 12.1. The van der Waals surface area contributed by atoms with Gasteiger partial charge in [-0.15, -0.1) is 0 Å². The lowest BCUT2D eigenvalue weighted by atomic mass is 9.88. The highest BCUT2D eigenvalue weighted by Crippen LogP contribution is 2.27. The van der Waals surface area contributed by atoms with E-state index in [0.29, 0.717) is 76.0 Å². The lowest BCUT2D eigenvalue weighted by Gasteiger charge is -2.19. The predicted molar refractivity (Wildman–Crippen MR) is 197 cm³/mol. The molecule has 1 aromatic heterocycles. The summed E-state index contributed by atoms with van der Waals surface area (Å²) in [5.74, 6) is 1.72. The van der Waals surface area contributed by atoms with Gasteiger partial charge in [-0.25, -0.2) is 0 Å². The van der Waals surface area contributed by atoms with E-state index in [1.165, 1.54) is 11.1 Å². The number of phenolic OH excluding ortho intramolecular Hbond substituents is 1. The Morgan fingerprint density at radius 3 is 1.66 bits per heavy atom. The van der Waals surface area contributed by atoms with Crippen LogP contribution >= 0.6 is 0 Å². The van der Waals surface area contributed by atoms with Crippen molar-refractivity contribution in [3.63, 3.8) is 0 Å². The van der Waals surface area contributed by atoms with Crippen LogP contribution in [0.2, 0.25) is 0 Å². The number of amides is 1. The molecule has 0 aliphatic heterocycles. The van der Waals surface area contributed by atoms with Crippen LogP contribution in [0.1, 0.15) is 39.4 Å². The summed E-state index contributed by atoms with van der Waals surface area (Å²) in [4.78, 5) is 25.9. The molecule has 11 nitrogen and oxygen atoms in total. The first-order valence-electron chi connectivity index (χ1n) is 17.0. The van der Waals surface area contributed by atoms with Crippen molar-refractivity contribution >= 4 is 23.8 Å². The monoisotopic (exact) mass is 675 g/mol. The number of aromatic nitrogens is 3. The number of rotatable bonds is 21. The molecule has 0 saturated heterocycles. The number of benzene rings is 4. The van der Waals surface area contributed by atoms with Gasteiger partial charge in [-0.05, 0) is 53.8 Å². The van der Waals surface area contributed by atoms with Crippen molar-refractivity contribution in [2.75, 3.05) is 68.6 Å². The molecule has 0 atom stereocenters. The quantitative estimate of drug-likeness (QED) is 0.0611. The number of carbonyl (C=O) groups excluding carboxylic acids is 1. The molecule has 5 aromatic rings. The number of hydrogen-bond acceptors (Lipinski definition) is 10. The third-order valence-corrected chi connectivity index (χ3v) is 7.86. The van der Waals surface area contributed by atoms with Crippen molar-refractivity contribution in [1.82, 2.24) is 20.3 Å². The maximum Gasteiger partial charge on any atom is 0.251 e. The summed E-state index contributed by atoms with van der Waals surface area (Å²) in [7, 11) is 0. The predicted octanol–water partition coefficient (Wildman–Crippen LogP) is 5.74. The van der Waals surface area contributed by atoms with Gasteiger partial charge in [0.05, 0.1) is 26.4 Å². The fourth-order valence-corrected chi connectivity index (χ4v) is 5.30. The summed E-state index contributed by atoms with van der Waals surface area (Å²) in [5, 5.41) is 22.4. The standard InChI is InChI=1S/C39H45N7O4/c47-34-18-16-30(17-19-34)20-22-41-37-44-38(42-23-21-35(31-10-4-1-5-11-31)32-12-6-2-7-13-32)46-39(45-37)43-25-27-50-29-28-49-26-24-40-36(48)33-14-8-3-9-15-33/h1-19,35,47H,20-29H2,(H,40,48)(H3,41,42,43,44,45,46). The zero-order valence-corrected chi connectivity index (χ0v) is 28.1. The van der Waals surface area contributed by atoms with Crippen molar-refractivity contribution in [2.45, 2.75) is 18.8 Å². The van der Waals surface area contributed by atoms with E-state index >= 15 is 0 Å². The van der Waals surface area contributed by atoms with E-state index in [-0.39, 0.29) is 17.6 Å². The Hall–Kier alpha value is -5.52. The second-order valence-corrected chi connectivity index (χ2v) is 11.5. The number of hydrogen-bond donors (Lipinski definition) is 5. The normalized spacial score (nSPS) is 10.9. The van der Waals surface area contributed by atoms with Gasteiger partial charge in [0, 0.05) is 37.7 Å². The number of aromatic hydroxyl groups is 1. The number of phenols is 1. The van der Waals surface area contributed by atoms with Gasteiger partial charge < -0.3 is 35.8 Å². The van der Waals surface area contributed by atoms with Gasteiger partial charge >= 0.3 is 0 Å². The molecule has 0 fully saturated rings. The van der Waals surface area contributed by atoms with Crippen LogP contribution in [0.5, 0.6) is 5.75 Å². The first-order valence-corrected chi connectivity index (χ1v) is 17.0. The Morgan fingerprint density at radius 2 is 1.08 bits per heavy atom. The van der Waals surface area contributed by atoms with E-state index in [0.717, 1.165) is 18.4 Å². The molecule has 5 rings (SSSR count). The molecule has 1 heterocycles. The molecule has 0 saturated carbocycles. The average Bonchev–Trinajstić information content (AvgIpc) is 3.16. The summed E-state index contributed by atoms with van der Waals surface area (Å²) in [6, 6.07) is 37.3. The van der Waals surface area contributed by atoms with Crippen LogP contribution in [-0.4, -0.2) is 78.6 Å². The topological polar surface area (TPSA) is 143 Å². The molecule has 1 amide bonds. The Balaban J connectivity index is 1.09. The van der Waals surface area contributed by atoms with Crippen LogP contribution in [0.25, 0.3) is 0 Å². The van der Waals surface area contributed by atoms with Crippen LogP contribution in [0.3, 0.4) is 0 Å². The molecule has 4 aromatic carbocycles. The smallest absolute Gasteiger partial charge is 0.251 e. The van der Waals surface area contributed by atoms with Crippen LogP contribution in [0, 0.1) is 0 Å². The third-order valence-electron chi connectivity index (χ3n) is 7.86. The highest BCUT2D eigenvalue weighted by Gasteiger charge is 2.14. The third kappa shape index (κ3) is 12.2. The van der Waals surface area contributed by atoms with E-state index in [4.69, 9.17) is 9.47 Å². The van der Waals surface area contributed by atoms with E-state index < -0.39 is 0 Å². The summed E-state index contributed by atoms with van der Waals surface area (Å²) in [6.45, 7) is 3.86. The minimum absolute atomic E-state index is 0.118. The SMILES string of the molecule is O=C(NCCOCCOCCNc1nc(NCCc2ccc(O)cc2)nc(NCCC(c2ccccc2)c2ccccc2)n1)c1ccccc1. The molecule has 5 N–H and O–H groups in total. The van der Waals surface area contributed by atoms with Crippen molar-refractivity contribution in [2.24, 2.45) is 0 Å². The Labute approximate surface area is 293 Å². The molecular formula is C39H45N7O4. The molecule has 11 heteroatoms. The highest BCUT2D eigenvalue weighted by molar-refractivity contribution is 5.94. The second kappa shape index (κ2) is 20.1. The summed E-state index contributed by atoms with van der Waals surface area (Å²) < 4.78 is 11.3. The largest absolute Gasteiger partial charge is 0.508 e. The molecule has 0 bridgehead atoms. The van der Waals surface area contributed by atoms with Crippen molar-refractivity contribution < 1.29 is 19.4 Å². The zero-order valence-electron chi connectivity index (χ0n) is 28.1. The fourth-order valence-electron chi connectivity index (χ4n) is 5.30. The van der Waals surface area contributed by atoms with Crippen molar-refractivity contribution in [3.05, 3.63) is 138 Å². The number of nitrogens with zero attached hydrogens (tertiary/aromatic N) is 3. The Bertz CT molecular complexity index is 1660. The van der Waals surface area contributed by atoms with Crippen LogP contribution in [0.4, 0.5) is 17.8 Å². The number of carbonyl (C=O) groups is 1. The van der Waals surface area contributed by atoms with Gasteiger partial charge in [-0.1, -0.05) is 91.0 Å². The van der Waals surface area contributed by atoms with Gasteiger partial charge in [0.15, 0.2) is 0 Å². The van der Waals surface area contributed by atoms with Gasteiger partial charge in [0.1, 0.15) is 5.75 Å². The zero-order chi connectivity index (χ0) is 34.6. The van der Waals surface area contributed by atoms with E-state index in [9.17, 15) is 9.90 Å². The van der Waals surface area contributed by atoms with Crippen LogP contribution in [-0.2, 0) is 15.9 Å². The van der Waals surface area contributed by atoms with Crippen LogP contribution < -0.4 is 21.3 Å². The molecule has 50 heavy (non-hydrogen) atoms. The van der Waals surface area contributed by atoms with Crippen molar-refractivity contribution in [3.8, 4) is 5.75 Å². The van der Waals surface area contributed by atoms with E-state index in [1.54, 1.807) is 24.3 Å². The molecule has 260 valence electrons. The molecular weight excluding hydrogens is 630 g/mol.